The summed E-state index contributed by atoms with van der Waals surface area (Å²) in [4.78, 5) is 24.5. The van der Waals surface area contributed by atoms with Crippen molar-refractivity contribution in [3.8, 4) is 5.75 Å². The molecule has 134 valence electrons. The lowest BCUT2D eigenvalue weighted by atomic mass is 9.95. The van der Waals surface area contributed by atoms with Gasteiger partial charge in [0.2, 0.25) is 0 Å². The summed E-state index contributed by atoms with van der Waals surface area (Å²) in [6, 6.07) is 6.28. The van der Waals surface area contributed by atoms with Crippen LogP contribution in [0.15, 0.2) is 35.5 Å². The number of rotatable bonds is 5. The number of nitrogens with one attached hydrogen (secondary N) is 2. The fourth-order valence-corrected chi connectivity index (χ4v) is 3.03. The van der Waals surface area contributed by atoms with Gasteiger partial charge in [-0.15, -0.1) is 0 Å². The second-order valence-electron chi connectivity index (χ2n) is 6.08. The van der Waals surface area contributed by atoms with Gasteiger partial charge in [-0.1, -0.05) is 12.1 Å². The molecule has 0 aromatic heterocycles. The van der Waals surface area contributed by atoms with E-state index in [1.54, 1.807) is 26.2 Å². The number of hydrogen-bond acceptors (Lipinski definition) is 5. The molecule has 0 spiro atoms. The third-order valence-electron chi connectivity index (χ3n) is 4.36. The Balaban J connectivity index is 1.79. The number of carbonyl (C=O) groups is 2. The lowest BCUT2D eigenvalue weighted by Gasteiger charge is -2.28. The van der Waals surface area contributed by atoms with Gasteiger partial charge in [0.05, 0.1) is 24.8 Å². The highest BCUT2D eigenvalue weighted by atomic mass is 16.6. The summed E-state index contributed by atoms with van der Waals surface area (Å²) < 4.78 is 16.1. The minimum atomic E-state index is -0.573. The number of ether oxygens (including phenoxy) is 3. The van der Waals surface area contributed by atoms with Gasteiger partial charge < -0.3 is 24.8 Å². The number of allylic oxidation sites excluding steroid dienone is 1. The largest absolute Gasteiger partial charge is 0.497 e. The fraction of sp³-hybridized carbons (Fsp3) is 0.444. The van der Waals surface area contributed by atoms with Crippen molar-refractivity contribution in [2.45, 2.75) is 31.9 Å². The van der Waals surface area contributed by atoms with Crippen molar-refractivity contribution in [3.63, 3.8) is 0 Å². The first-order valence-corrected chi connectivity index (χ1v) is 8.29. The molecule has 2 heterocycles. The van der Waals surface area contributed by atoms with Crippen LogP contribution in [-0.2, 0) is 14.3 Å². The van der Waals surface area contributed by atoms with E-state index in [9.17, 15) is 9.59 Å². The molecule has 0 aliphatic carbocycles. The Hall–Kier alpha value is -2.54. The van der Waals surface area contributed by atoms with Gasteiger partial charge in [-0.25, -0.2) is 9.59 Å². The van der Waals surface area contributed by atoms with Crippen LogP contribution >= 0.6 is 0 Å². The second kappa shape index (κ2) is 7.57. The van der Waals surface area contributed by atoms with Crippen LogP contribution in [0.4, 0.5) is 4.79 Å². The third-order valence-corrected chi connectivity index (χ3v) is 4.36. The number of urea groups is 1. The van der Waals surface area contributed by atoms with Crippen molar-refractivity contribution in [1.82, 2.24) is 10.6 Å². The first kappa shape index (κ1) is 17.3. The van der Waals surface area contributed by atoms with Crippen molar-refractivity contribution in [3.05, 3.63) is 41.1 Å². The van der Waals surface area contributed by atoms with Crippen LogP contribution in [0.2, 0.25) is 0 Å². The summed E-state index contributed by atoms with van der Waals surface area (Å²) >= 11 is 0. The van der Waals surface area contributed by atoms with Gasteiger partial charge in [0.15, 0.2) is 0 Å². The van der Waals surface area contributed by atoms with E-state index in [1.807, 2.05) is 12.1 Å². The molecular weight excluding hydrogens is 324 g/mol. The van der Waals surface area contributed by atoms with Gasteiger partial charge >= 0.3 is 12.0 Å². The third kappa shape index (κ3) is 3.93. The molecule has 1 saturated heterocycles. The number of amides is 2. The smallest absolute Gasteiger partial charge is 0.338 e. The lowest BCUT2D eigenvalue weighted by molar-refractivity contribution is -0.142. The van der Waals surface area contributed by atoms with E-state index in [2.05, 4.69) is 10.6 Å². The first-order valence-electron chi connectivity index (χ1n) is 8.29. The minimum absolute atomic E-state index is 0.0459. The molecule has 25 heavy (non-hydrogen) atoms. The van der Waals surface area contributed by atoms with Gasteiger partial charge in [-0.3, -0.25) is 0 Å². The van der Waals surface area contributed by atoms with Gasteiger partial charge in [0, 0.05) is 12.3 Å². The molecule has 1 aromatic rings. The maximum absolute atomic E-state index is 12.6. The number of methoxy groups -OCH3 is 1. The van der Waals surface area contributed by atoms with E-state index < -0.39 is 12.0 Å². The topological polar surface area (TPSA) is 85.9 Å². The summed E-state index contributed by atoms with van der Waals surface area (Å²) in [6.07, 6.45) is 1.83. The quantitative estimate of drug-likeness (QED) is 0.797. The molecule has 0 bridgehead atoms. The zero-order valence-electron chi connectivity index (χ0n) is 14.3. The van der Waals surface area contributed by atoms with Gasteiger partial charge in [0.25, 0.3) is 0 Å². The zero-order valence-corrected chi connectivity index (χ0v) is 14.3. The van der Waals surface area contributed by atoms with Gasteiger partial charge in [-0.2, -0.15) is 0 Å². The molecule has 7 heteroatoms. The van der Waals surface area contributed by atoms with E-state index in [0.717, 1.165) is 18.4 Å². The van der Waals surface area contributed by atoms with Gasteiger partial charge in [0.1, 0.15) is 12.4 Å². The average molecular weight is 346 g/mol. The van der Waals surface area contributed by atoms with Crippen LogP contribution in [-0.4, -0.2) is 38.4 Å². The van der Waals surface area contributed by atoms with Gasteiger partial charge in [-0.05, 0) is 37.5 Å². The van der Waals surface area contributed by atoms with Crippen LogP contribution in [0.25, 0.3) is 0 Å². The predicted octanol–water partition coefficient (Wildman–Crippen LogP) is 2.05. The number of hydrogen-bond donors (Lipinski definition) is 2. The summed E-state index contributed by atoms with van der Waals surface area (Å²) in [5.41, 5.74) is 1.66. The molecule has 7 nitrogen and oxygen atoms in total. The molecule has 2 aliphatic heterocycles. The van der Waals surface area contributed by atoms with Crippen molar-refractivity contribution >= 4 is 12.0 Å². The number of esters is 1. The summed E-state index contributed by atoms with van der Waals surface area (Å²) in [5, 5.41) is 5.41. The Bertz CT molecular complexity index is 677. The first-order chi connectivity index (χ1) is 12.1. The average Bonchev–Trinajstić information content (AvgIpc) is 3.12. The SMILES string of the molecule is COc1ccc([C@H]2NC(=O)NC(C)=C2C(=O)OC[C@H]2CCCO2)cc1. The molecular formula is C18H22N2O5. The molecule has 2 atom stereocenters. The molecule has 2 aliphatic rings. The Morgan fingerprint density at radius 3 is 2.72 bits per heavy atom. The standard InChI is InChI=1S/C18H22N2O5/c1-11-15(17(21)25-10-14-4-3-9-24-14)16(20-18(22)19-11)12-5-7-13(23-2)8-6-12/h5-8,14,16H,3-4,9-10H2,1-2H3,(H2,19,20,22)/t14-,16-/m1/s1. The summed E-state index contributed by atoms with van der Waals surface area (Å²) in [6.45, 7) is 2.62. The Kier molecular flexibility index (Phi) is 5.23. The summed E-state index contributed by atoms with van der Waals surface area (Å²) in [5.74, 6) is 0.244. The molecule has 3 rings (SSSR count). The molecule has 1 aromatic carbocycles. The van der Waals surface area contributed by atoms with Crippen molar-refractivity contribution in [1.29, 1.82) is 0 Å². The van der Waals surface area contributed by atoms with Crippen molar-refractivity contribution in [2.24, 2.45) is 0 Å². The van der Waals surface area contributed by atoms with E-state index in [4.69, 9.17) is 14.2 Å². The fourth-order valence-electron chi connectivity index (χ4n) is 3.03. The predicted molar refractivity (Wildman–Crippen MR) is 90.0 cm³/mol. The lowest BCUT2D eigenvalue weighted by Crippen LogP contribution is -2.45. The normalized spacial score (nSPS) is 23.0. The second-order valence-corrected chi connectivity index (χ2v) is 6.08. The van der Waals surface area contributed by atoms with Crippen LogP contribution < -0.4 is 15.4 Å². The van der Waals surface area contributed by atoms with Crippen LogP contribution in [0.1, 0.15) is 31.4 Å². The summed E-state index contributed by atoms with van der Waals surface area (Å²) in [7, 11) is 1.58. The zero-order chi connectivity index (χ0) is 17.8. The molecule has 2 amide bonds. The molecule has 2 N–H and O–H groups in total. The molecule has 0 unspecified atom stereocenters. The van der Waals surface area contributed by atoms with E-state index in [-0.39, 0.29) is 18.7 Å². The highest BCUT2D eigenvalue weighted by molar-refractivity contribution is 5.95. The van der Waals surface area contributed by atoms with E-state index in [0.29, 0.717) is 23.6 Å². The van der Waals surface area contributed by atoms with E-state index in [1.165, 1.54) is 0 Å². The van der Waals surface area contributed by atoms with Crippen molar-refractivity contribution in [2.75, 3.05) is 20.3 Å². The maximum atomic E-state index is 12.6. The Morgan fingerprint density at radius 1 is 1.32 bits per heavy atom. The van der Waals surface area contributed by atoms with Crippen LogP contribution in [0, 0.1) is 0 Å². The Labute approximate surface area is 146 Å². The highest BCUT2D eigenvalue weighted by Crippen LogP contribution is 2.29. The molecule has 0 saturated carbocycles. The monoisotopic (exact) mass is 346 g/mol. The van der Waals surface area contributed by atoms with Crippen molar-refractivity contribution < 1.29 is 23.8 Å². The van der Waals surface area contributed by atoms with Crippen LogP contribution in [0.5, 0.6) is 5.75 Å². The molecule has 1 fully saturated rings. The Morgan fingerprint density at radius 2 is 2.08 bits per heavy atom. The van der Waals surface area contributed by atoms with Crippen LogP contribution in [0.3, 0.4) is 0 Å². The number of carbonyl (C=O) groups excluding carboxylic acids is 2. The maximum Gasteiger partial charge on any atom is 0.338 e. The minimum Gasteiger partial charge on any atom is -0.497 e. The highest BCUT2D eigenvalue weighted by Gasteiger charge is 2.32. The molecule has 0 radical (unpaired) electrons. The number of benzene rings is 1. The van der Waals surface area contributed by atoms with E-state index >= 15 is 0 Å².